The number of halogens is 1. The Balaban J connectivity index is 1.72. The van der Waals surface area contributed by atoms with Crippen molar-refractivity contribution < 1.29 is 18.3 Å². The molecule has 1 aliphatic carbocycles. The Hall–Kier alpha value is -4.34. The van der Waals surface area contributed by atoms with Crippen molar-refractivity contribution in [2.75, 3.05) is 31.9 Å². The van der Waals surface area contributed by atoms with Crippen molar-refractivity contribution in [1.29, 1.82) is 0 Å². The van der Waals surface area contributed by atoms with E-state index in [0.29, 0.717) is 41.0 Å². The van der Waals surface area contributed by atoms with Crippen LogP contribution in [-0.2, 0) is 9.47 Å². The number of allylic oxidation sites excluding steroid dienone is 3. The maximum atomic E-state index is 14.4. The second-order valence-corrected chi connectivity index (χ2v) is 8.53. The zero-order valence-corrected chi connectivity index (χ0v) is 20.7. The van der Waals surface area contributed by atoms with E-state index in [4.69, 9.17) is 18.9 Å². The highest BCUT2D eigenvalue weighted by Gasteiger charge is 2.34. The van der Waals surface area contributed by atoms with Gasteiger partial charge in [0.05, 0.1) is 19.9 Å². The van der Waals surface area contributed by atoms with Crippen molar-refractivity contribution in [1.82, 2.24) is 19.6 Å². The van der Waals surface area contributed by atoms with Crippen LogP contribution in [0.4, 0.5) is 21.9 Å². The lowest BCUT2D eigenvalue weighted by atomic mass is 9.86. The van der Waals surface area contributed by atoms with Crippen LogP contribution in [0.3, 0.4) is 0 Å². The quantitative estimate of drug-likeness (QED) is 0.359. The van der Waals surface area contributed by atoms with E-state index in [9.17, 15) is 4.39 Å². The molecule has 0 aliphatic heterocycles. The largest absolute Gasteiger partial charge is 0.497 e. The van der Waals surface area contributed by atoms with Crippen molar-refractivity contribution in [3.8, 4) is 0 Å². The third-order valence-electron chi connectivity index (χ3n) is 6.34. The third-order valence-corrected chi connectivity index (χ3v) is 6.34. The first-order valence-electron chi connectivity index (χ1n) is 11.5. The SMILES string of the molecule is CNc1nnc(C2=CC(OC)=C(OC)CC2c2nc3ccc(F)cn3c2Nc2c(C)cccc2C)o1. The van der Waals surface area contributed by atoms with Crippen molar-refractivity contribution in [3.63, 3.8) is 0 Å². The van der Waals surface area contributed by atoms with Crippen LogP contribution in [0.25, 0.3) is 11.2 Å². The molecule has 3 heterocycles. The maximum absolute atomic E-state index is 14.4. The molecular weight excluding hydrogens is 463 g/mol. The molecule has 0 spiro atoms. The van der Waals surface area contributed by atoms with E-state index >= 15 is 0 Å². The molecule has 0 bridgehead atoms. The van der Waals surface area contributed by atoms with Crippen LogP contribution in [0.2, 0.25) is 0 Å². The van der Waals surface area contributed by atoms with Gasteiger partial charge in [-0.05, 0) is 43.2 Å². The molecule has 0 fully saturated rings. The van der Waals surface area contributed by atoms with Crippen LogP contribution < -0.4 is 10.6 Å². The van der Waals surface area contributed by atoms with Crippen molar-refractivity contribution in [3.05, 3.63) is 82.7 Å². The second kappa shape index (κ2) is 9.37. The molecule has 0 radical (unpaired) electrons. The first-order chi connectivity index (χ1) is 17.4. The Kier molecular flexibility index (Phi) is 6.09. The molecule has 1 aromatic carbocycles. The van der Waals surface area contributed by atoms with Crippen LogP contribution in [0, 0.1) is 19.7 Å². The molecule has 1 atom stereocenters. The molecule has 5 rings (SSSR count). The summed E-state index contributed by atoms with van der Waals surface area (Å²) in [6.07, 6.45) is 3.68. The van der Waals surface area contributed by atoms with E-state index in [1.807, 2.05) is 38.1 Å². The van der Waals surface area contributed by atoms with Gasteiger partial charge in [-0.3, -0.25) is 4.40 Å². The molecule has 0 saturated carbocycles. The smallest absolute Gasteiger partial charge is 0.315 e. The number of ether oxygens (including phenoxy) is 2. The Morgan fingerprint density at radius 1 is 1.08 bits per heavy atom. The average Bonchev–Trinajstić information content (AvgIpc) is 3.50. The Labute approximate surface area is 207 Å². The summed E-state index contributed by atoms with van der Waals surface area (Å²) in [6, 6.07) is 9.39. The number of anilines is 3. The number of fused-ring (bicyclic) bond motifs is 1. The molecule has 1 aliphatic rings. The predicted molar refractivity (Wildman–Crippen MR) is 135 cm³/mol. The number of pyridine rings is 1. The topological polar surface area (TPSA) is 98.7 Å². The fraction of sp³-hybridized carbons (Fsp3) is 0.269. The van der Waals surface area contributed by atoms with Gasteiger partial charge in [0.1, 0.15) is 23.0 Å². The van der Waals surface area contributed by atoms with Gasteiger partial charge in [0.15, 0.2) is 5.76 Å². The molecule has 2 N–H and O–H groups in total. The lowest BCUT2D eigenvalue weighted by Crippen LogP contribution is -2.14. The lowest BCUT2D eigenvalue weighted by Gasteiger charge is -2.25. The average molecular weight is 491 g/mol. The summed E-state index contributed by atoms with van der Waals surface area (Å²) in [5.41, 5.74) is 5.05. The minimum atomic E-state index is -0.370. The number of rotatable bonds is 7. The normalized spacial score (nSPS) is 15.7. The highest BCUT2D eigenvalue weighted by atomic mass is 19.1. The van der Waals surface area contributed by atoms with E-state index in [1.54, 1.807) is 31.7 Å². The van der Waals surface area contributed by atoms with Gasteiger partial charge in [0, 0.05) is 36.8 Å². The standard InChI is InChI=1S/C26H27FN6O3/c1-14-7-6-8-15(2)22(14)30-24-23(29-21-10-9-16(27)13-33(21)24)17-11-19(34-4)20(35-5)12-18(17)25-31-32-26(28-3)36-25/h6-10,12-13,17,30H,11H2,1-5H3,(H,28,32). The van der Waals surface area contributed by atoms with Crippen LogP contribution in [0.1, 0.15) is 35.1 Å². The fourth-order valence-electron chi connectivity index (χ4n) is 4.50. The van der Waals surface area contributed by atoms with Gasteiger partial charge in [0.25, 0.3) is 0 Å². The van der Waals surface area contributed by atoms with Gasteiger partial charge in [0.2, 0.25) is 5.89 Å². The zero-order valence-electron chi connectivity index (χ0n) is 20.7. The van der Waals surface area contributed by atoms with Crippen molar-refractivity contribution >= 4 is 28.7 Å². The van der Waals surface area contributed by atoms with E-state index in [2.05, 4.69) is 20.8 Å². The van der Waals surface area contributed by atoms with Gasteiger partial charge < -0.3 is 24.5 Å². The Morgan fingerprint density at radius 3 is 2.53 bits per heavy atom. The molecule has 36 heavy (non-hydrogen) atoms. The molecule has 0 saturated heterocycles. The predicted octanol–water partition coefficient (Wildman–Crippen LogP) is 5.33. The van der Waals surface area contributed by atoms with Gasteiger partial charge in [-0.2, -0.15) is 0 Å². The molecule has 1 unspecified atom stereocenters. The monoisotopic (exact) mass is 490 g/mol. The number of aryl methyl sites for hydroxylation is 2. The van der Waals surface area contributed by atoms with E-state index in [1.165, 1.54) is 12.3 Å². The molecule has 4 aromatic rings. The van der Waals surface area contributed by atoms with Gasteiger partial charge in [-0.25, -0.2) is 9.37 Å². The highest BCUT2D eigenvalue weighted by molar-refractivity contribution is 5.76. The number of aromatic nitrogens is 4. The first-order valence-corrected chi connectivity index (χ1v) is 11.5. The first kappa shape index (κ1) is 23.4. The second-order valence-electron chi connectivity index (χ2n) is 8.53. The lowest BCUT2D eigenvalue weighted by molar-refractivity contribution is 0.216. The number of hydrogen-bond donors (Lipinski definition) is 2. The zero-order chi connectivity index (χ0) is 25.4. The molecular formula is C26H27FN6O3. The third kappa shape index (κ3) is 4.04. The summed E-state index contributed by atoms with van der Waals surface area (Å²) in [7, 11) is 4.89. The summed E-state index contributed by atoms with van der Waals surface area (Å²) in [5, 5.41) is 14.7. The fourth-order valence-corrected chi connectivity index (χ4v) is 4.50. The molecule has 186 valence electrons. The van der Waals surface area contributed by atoms with E-state index < -0.39 is 0 Å². The van der Waals surface area contributed by atoms with Crippen LogP contribution in [0.5, 0.6) is 0 Å². The van der Waals surface area contributed by atoms with Crippen LogP contribution in [0.15, 0.2) is 58.5 Å². The highest BCUT2D eigenvalue weighted by Crippen LogP contribution is 2.45. The molecule has 10 heteroatoms. The molecule has 0 amide bonds. The van der Waals surface area contributed by atoms with Crippen LogP contribution in [-0.4, -0.2) is 40.8 Å². The van der Waals surface area contributed by atoms with E-state index in [0.717, 1.165) is 22.4 Å². The number of benzene rings is 1. The number of nitrogens with one attached hydrogen (secondary N) is 2. The van der Waals surface area contributed by atoms with Crippen molar-refractivity contribution in [2.24, 2.45) is 0 Å². The van der Waals surface area contributed by atoms with Gasteiger partial charge in [-0.15, -0.1) is 5.10 Å². The van der Waals surface area contributed by atoms with Gasteiger partial charge in [-0.1, -0.05) is 23.3 Å². The summed E-state index contributed by atoms with van der Waals surface area (Å²) in [5.74, 6) is 1.47. The van der Waals surface area contributed by atoms with Crippen LogP contribution >= 0.6 is 0 Å². The van der Waals surface area contributed by atoms with Gasteiger partial charge >= 0.3 is 6.01 Å². The number of imidazole rings is 1. The number of para-hydroxylation sites is 1. The summed E-state index contributed by atoms with van der Waals surface area (Å²) in [4.78, 5) is 4.92. The summed E-state index contributed by atoms with van der Waals surface area (Å²) >= 11 is 0. The number of methoxy groups -OCH3 is 2. The molecule has 3 aromatic heterocycles. The Morgan fingerprint density at radius 2 is 1.86 bits per heavy atom. The summed E-state index contributed by atoms with van der Waals surface area (Å²) < 4.78 is 33.2. The minimum Gasteiger partial charge on any atom is -0.497 e. The van der Waals surface area contributed by atoms with E-state index in [-0.39, 0.29) is 17.7 Å². The summed E-state index contributed by atoms with van der Waals surface area (Å²) in [6.45, 7) is 4.05. The maximum Gasteiger partial charge on any atom is 0.315 e. The number of nitrogens with zero attached hydrogens (tertiary/aromatic N) is 4. The Bertz CT molecular complexity index is 1480. The minimum absolute atomic E-state index is 0.288. The molecule has 9 nitrogen and oxygen atoms in total. The number of hydrogen-bond acceptors (Lipinski definition) is 8. The van der Waals surface area contributed by atoms with Crippen molar-refractivity contribution in [2.45, 2.75) is 26.2 Å².